The van der Waals surface area contributed by atoms with E-state index in [2.05, 4.69) is 9.46 Å². The zero-order chi connectivity index (χ0) is 14.3. The predicted octanol–water partition coefficient (Wildman–Crippen LogP) is 1.26. The summed E-state index contributed by atoms with van der Waals surface area (Å²) in [7, 11) is -2.46. The molecule has 0 saturated heterocycles. The summed E-state index contributed by atoms with van der Waals surface area (Å²) in [6.07, 6.45) is 2.28. The van der Waals surface area contributed by atoms with Gasteiger partial charge in [0.05, 0.1) is 12.0 Å². The molecule has 1 aromatic carbocycles. The highest BCUT2D eigenvalue weighted by Crippen LogP contribution is 2.11. The van der Waals surface area contributed by atoms with E-state index in [0.29, 0.717) is 12.2 Å². The molecule has 0 bridgehead atoms. The lowest BCUT2D eigenvalue weighted by atomic mass is 10.2. The monoisotopic (exact) mass is 303 g/mol. The summed E-state index contributed by atoms with van der Waals surface area (Å²) in [5.41, 5.74) is 0. The van der Waals surface area contributed by atoms with Gasteiger partial charge in [-0.15, -0.1) is 0 Å². The molecule has 0 saturated carbocycles. The van der Waals surface area contributed by atoms with Gasteiger partial charge in [0.25, 0.3) is 0 Å². The molecule has 106 valence electrons. The third kappa shape index (κ3) is 4.85. The summed E-state index contributed by atoms with van der Waals surface area (Å²) in [5.74, 6) is 0.0884. The summed E-state index contributed by atoms with van der Waals surface area (Å²) in [6, 6.07) is 7.08. The lowest BCUT2D eigenvalue weighted by Gasteiger charge is -2.16. The van der Waals surface area contributed by atoms with Crippen LogP contribution < -0.4 is 4.72 Å². The molecule has 0 aliphatic carbocycles. The predicted molar refractivity (Wildman–Crippen MR) is 75.6 cm³/mol. The minimum atomic E-state index is -3.71. The smallest absolute Gasteiger partial charge is 0.323 e. The third-order valence-electron chi connectivity index (χ3n) is 2.45. The number of carbonyl (C=O) groups is 1. The Kier molecular flexibility index (Phi) is 6.33. The minimum Gasteiger partial charge on any atom is -0.468 e. The normalized spacial score (nSPS) is 12.9. The summed E-state index contributed by atoms with van der Waals surface area (Å²) in [4.78, 5) is 11.7. The SMILES string of the molecule is COC(=O)[C@@H](CCSC)NS(=O)(=O)c1ccccc1. The molecule has 0 aromatic heterocycles. The van der Waals surface area contributed by atoms with Gasteiger partial charge in [-0.3, -0.25) is 4.79 Å². The molecule has 0 spiro atoms. The van der Waals surface area contributed by atoms with Crippen LogP contribution in [0.3, 0.4) is 0 Å². The van der Waals surface area contributed by atoms with E-state index in [1.807, 2.05) is 6.26 Å². The molecule has 0 amide bonds. The number of rotatable bonds is 7. The lowest BCUT2D eigenvalue weighted by Crippen LogP contribution is -2.41. The molecule has 0 aliphatic rings. The first-order valence-corrected chi connectivity index (χ1v) is 8.53. The van der Waals surface area contributed by atoms with Crippen LogP contribution in [-0.4, -0.2) is 39.5 Å². The average molecular weight is 303 g/mol. The Labute approximate surface area is 117 Å². The number of esters is 1. The Morgan fingerprint density at radius 1 is 1.37 bits per heavy atom. The topological polar surface area (TPSA) is 72.5 Å². The largest absolute Gasteiger partial charge is 0.468 e. The van der Waals surface area contributed by atoms with Gasteiger partial charge in [0.2, 0.25) is 10.0 Å². The summed E-state index contributed by atoms with van der Waals surface area (Å²) in [6.45, 7) is 0. The van der Waals surface area contributed by atoms with Gasteiger partial charge in [0.1, 0.15) is 6.04 Å². The first-order valence-electron chi connectivity index (χ1n) is 5.65. The van der Waals surface area contributed by atoms with Crippen molar-refractivity contribution >= 4 is 27.8 Å². The fourth-order valence-corrected chi connectivity index (χ4v) is 3.17. The van der Waals surface area contributed by atoms with E-state index in [-0.39, 0.29) is 4.90 Å². The number of hydrogen-bond acceptors (Lipinski definition) is 5. The molecule has 1 rings (SSSR count). The summed E-state index contributed by atoms with van der Waals surface area (Å²) < 4.78 is 31.2. The van der Waals surface area contributed by atoms with Gasteiger partial charge in [0.15, 0.2) is 0 Å². The van der Waals surface area contributed by atoms with Crippen molar-refractivity contribution < 1.29 is 17.9 Å². The van der Waals surface area contributed by atoms with Gasteiger partial charge in [-0.1, -0.05) is 18.2 Å². The number of thioether (sulfide) groups is 1. The Morgan fingerprint density at radius 3 is 2.53 bits per heavy atom. The maximum absolute atomic E-state index is 12.1. The number of benzene rings is 1. The van der Waals surface area contributed by atoms with E-state index in [0.717, 1.165) is 0 Å². The second kappa shape index (κ2) is 7.52. The summed E-state index contributed by atoms with van der Waals surface area (Å²) >= 11 is 1.54. The van der Waals surface area contributed by atoms with Gasteiger partial charge < -0.3 is 4.74 Å². The molecule has 0 heterocycles. The van der Waals surface area contributed by atoms with Crippen LogP contribution in [0, 0.1) is 0 Å². The Balaban J connectivity index is 2.86. The second-order valence-corrected chi connectivity index (χ2v) is 6.49. The average Bonchev–Trinajstić information content (AvgIpc) is 2.43. The number of hydrogen-bond donors (Lipinski definition) is 1. The van der Waals surface area contributed by atoms with E-state index in [1.165, 1.54) is 31.0 Å². The Hall–Kier alpha value is -1.05. The van der Waals surface area contributed by atoms with Crippen molar-refractivity contribution in [1.82, 2.24) is 4.72 Å². The molecule has 0 unspecified atom stereocenters. The van der Waals surface area contributed by atoms with Crippen LogP contribution in [0.1, 0.15) is 6.42 Å². The van der Waals surface area contributed by atoms with Gasteiger partial charge in [-0.25, -0.2) is 8.42 Å². The highest BCUT2D eigenvalue weighted by molar-refractivity contribution is 7.98. The highest BCUT2D eigenvalue weighted by atomic mass is 32.2. The molecular weight excluding hydrogens is 286 g/mol. The number of sulfonamides is 1. The number of methoxy groups -OCH3 is 1. The molecule has 0 fully saturated rings. The van der Waals surface area contributed by atoms with E-state index in [9.17, 15) is 13.2 Å². The molecule has 19 heavy (non-hydrogen) atoms. The number of ether oxygens (including phenoxy) is 1. The second-order valence-electron chi connectivity index (χ2n) is 3.79. The molecule has 1 aromatic rings. The third-order valence-corrected chi connectivity index (χ3v) is 4.58. The Morgan fingerprint density at radius 2 is 2.00 bits per heavy atom. The van der Waals surface area contributed by atoms with Gasteiger partial charge in [-0.2, -0.15) is 16.5 Å². The number of carbonyl (C=O) groups excluding carboxylic acids is 1. The maximum Gasteiger partial charge on any atom is 0.323 e. The van der Waals surface area contributed by atoms with E-state index < -0.39 is 22.0 Å². The molecule has 7 heteroatoms. The number of nitrogens with one attached hydrogen (secondary N) is 1. The van der Waals surface area contributed by atoms with Gasteiger partial charge >= 0.3 is 5.97 Å². The molecular formula is C12H17NO4S2. The van der Waals surface area contributed by atoms with Crippen molar-refractivity contribution in [2.24, 2.45) is 0 Å². The van der Waals surface area contributed by atoms with Crippen molar-refractivity contribution in [2.75, 3.05) is 19.1 Å². The van der Waals surface area contributed by atoms with E-state index in [1.54, 1.807) is 18.2 Å². The maximum atomic E-state index is 12.1. The van der Waals surface area contributed by atoms with Crippen molar-refractivity contribution in [1.29, 1.82) is 0 Å². The van der Waals surface area contributed by atoms with Crippen molar-refractivity contribution in [3.05, 3.63) is 30.3 Å². The van der Waals surface area contributed by atoms with Crippen LogP contribution in [0.4, 0.5) is 0 Å². The first-order chi connectivity index (χ1) is 9.01. The first kappa shape index (κ1) is 16.0. The molecule has 1 atom stereocenters. The van der Waals surface area contributed by atoms with Crippen LogP contribution in [0.15, 0.2) is 35.2 Å². The Bertz CT molecular complexity index is 502. The molecule has 0 radical (unpaired) electrons. The van der Waals surface area contributed by atoms with Gasteiger partial charge in [-0.05, 0) is 30.6 Å². The highest BCUT2D eigenvalue weighted by Gasteiger charge is 2.25. The van der Waals surface area contributed by atoms with Crippen LogP contribution in [0.5, 0.6) is 0 Å². The zero-order valence-electron chi connectivity index (χ0n) is 10.8. The molecule has 0 aliphatic heterocycles. The van der Waals surface area contributed by atoms with Crippen LogP contribution in [0.2, 0.25) is 0 Å². The van der Waals surface area contributed by atoms with Crippen LogP contribution in [-0.2, 0) is 19.6 Å². The zero-order valence-corrected chi connectivity index (χ0v) is 12.5. The fraction of sp³-hybridized carbons (Fsp3) is 0.417. The standard InChI is InChI=1S/C12H17NO4S2/c1-17-12(14)11(8-9-18-2)13-19(15,16)10-6-4-3-5-7-10/h3-7,11,13H,8-9H2,1-2H3/t11-/m1/s1. The quantitative estimate of drug-likeness (QED) is 0.768. The van der Waals surface area contributed by atoms with Crippen molar-refractivity contribution in [2.45, 2.75) is 17.4 Å². The van der Waals surface area contributed by atoms with Gasteiger partial charge in [0, 0.05) is 0 Å². The molecule has 5 nitrogen and oxygen atoms in total. The van der Waals surface area contributed by atoms with E-state index in [4.69, 9.17) is 0 Å². The lowest BCUT2D eigenvalue weighted by molar-refractivity contribution is -0.142. The minimum absolute atomic E-state index is 0.132. The van der Waals surface area contributed by atoms with Crippen LogP contribution in [0.25, 0.3) is 0 Å². The fourth-order valence-electron chi connectivity index (χ4n) is 1.46. The van der Waals surface area contributed by atoms with E-state index >= 15 is 0 Å². The van der Waals surface area contributed by atoms with Crippen molar-refractivity contribution in [3.8, 4) is 0 Å². The molecule has 1 N–H and O–H groups in total. The van der Waals surface area contributed by atoms with Crippen LogP contribution >= 0.6 is 11.8 Å². The van der Waals surface area contributed by atoms with Crippen molar-refractivity contribution in [3.63, 3.8) is 0 Å². The summed E-state index contributed by atoms with van der Waals surface area (Å²) in [5, 5.41) is 0.